The van der Waals surface area contributed by atoms with E-state index >= 15 is 0 Å². The molecule has 0 spiro atoms. The molecule has 0 bridgehead atoms. The van der Waals surface area contributed by atoms with Gasteiger partial charge in [0.05, 0.1) is 10.9 Å². The van der Waals surface area contributed by atoms with E-state index in [0.29, 0.717) is 17.2 Å². The van der Waals surface area contributed by atoms with E-state index in [9.17, 15) is 13.2 Å². The van der Waals surface area contributed by atoms with Crippen molar-refractivity contribution in [1.29, 1.82) is 0 Å². The van der Waals surface area contributed by atoms with Gasteiger partial charge in [-0.1, -0.05) is 31.4 Å². The molecule has 0 saturated heterocycles. The fourth-order valence-corrected chi connectivity index (χ4v) is 3.85. The summed E-state index contributed by atoms with van der Waals surface area (Å²) in [6, 6.07) is 6.76. The number of hydrogen-bond donors (Lipinski definition) is 0. The average Bonchev–Trinajstić information content (AvgIpc) is 2.53. The molecule has 1 amide bonds. The van der Waals surface area contributed by atoms with Crippen LogP contribution in [0.25, 0.3) is 0 Å². The number of nitrogens with zero attached hydrogens (tertiary/aromatic N) is 1. The van der Waals surface area contributed by atoms with Gasteiger partial charge in [0.1, 0.15) is 0 Å². The van der Waals surface area contributed by atoms with Crippen LogP contribution in [-0.4, -0.2) is 32.5 Å². The first-order chi connectivity index (χ1) is 10.8. The topological polar surface area (TPSA) is 54.5 Å². The van der Waals surface area contributed by atoms with Crippen molar-refractivity contribution in [2.75, 3.05) is 13.3 Å². The number of carbonyl (C=O) groups excluding carboxylic acids is 1. The molecule has 0 aliphatic heterocycles. The minimum Gasteiger partial charge on any atom is -0.339 e. The molecule has 4 nitrogen and oxygen atoms in total. The fraction of sp³-hybridized carbons (Fsp3) is 0.611. The number of rotatable bonds is 5. The molecule has 1 fully saturated rings. The predicted molar refractivity (Wildman–Crippen MR) is 91.9 cm³/mol. The van der Waals surface area contributed by atoms with E-state index in [2.05, 4.69) is 0 Å². The van der Waals surface area contributed by atoms with Crippen molar-refractivity contribution in [3.8, 4) is 0 Å². The Labute approximate surface area is 139 Å². The third-order valence-electron chi connectivity index (χ3n) is 4.95. The highest BCUT2D eigenvalue weighted by Gasteiger charge is 2.22. The van der Waals surface area contributed by atoms with Crippen molar-refractivity contribution < 1.29 is 13.2 Å². The molecular weight excluding hydrogens is 310 g/mol. The Balaban J connectivity index is 2.00. The van der Waals surface area contributed by atoms with Crippen molar-refractivity contribution in [3.05, 3.63) is 29.8 Å². The molecule has 1 atom stereocenters. The van der Waals surface area contributed by atoms with Crippen LogP contribution in [0.4, 0.5) is 0 Å². The molecule has 1 saturated carbocycles. The first-order valence-corrected chi connectivity index (χ1v) is 10.2. The number of amides is 1. The summed E-state index contributed by atoms with van der Waals surface area (Å²) in [7, 11) is -1.35. The maximum atomic E-state index is 12.5. The highest BCUT2D eigenvalue weighted by atomic mass is 32.2. The zero-order valence-electron chi connectivity index (χ0n) is 14.3. The van der Waals surface area contributed by atoms with Crippen LogP contribution in [0.5, 0.6) is 0 Å². The van der Waals surface area contributed by atoms with Gasteiger partial charge in [-0.15, -0.1) is 0 Å². The Morgan fingerprint density at radius 1 is 1.17 bits per heavy atom. The molecule has 0 heterocycles. The summed E-state index contributed by atoms with van der Waals surface area (Å²) in [6.07, 6.45) is 7.93. The molecule has 23 heavy (non-hydrogen) atoms. The van der Waals surface area contributed by atoms with Crippen molar-refractivity contribution >= 4 is 15.7 Å². The lowest BCUT2D eigenvalue weighted by molar-refractivity contribution is -0.133. The van der Waals surface area contributed by atoms with Gasteiger partial charge in [-0.3, -0.25) is 4.79 Å². The molecule has 0 radical (unpaired) electrons. The largest absolute Gasteiger partial charge is 0.339 e. The van der Waals surface area contributed by atoms with Crippen LogP contribution in [0.15, 0.2) is 29.2 Å². The zero-order valence-corrected chi connectivity index (χ0v) is 15.1. The first-order valence-electron chi connectivity index (χ1n) is 8.34. The Bertz CT molecular complexity index is 631. The monoisotopic (exact) mass is 337 g/mol. The average molecular weight is 337 g/mol. The summed E-state index contributed by atoms with van der Waals surface area (Å²) in [6.45, 7) is 1.98. The summed E-state index contributed by atoms with van der Waals surface area (Å²) in [5.41, 5.74) is 0.955. The second-order valence-electron chi connectivity index (χ2n) is 6.73. The Kier molecular flexibility index (Phi) is 5.84. The van der Waals surface area contributed by atoms with Gasteiger partial charge in [0.2, 0.25) is 5.91 Å². The summed E-state index contributed by atoms with van der Waals surface area (Å²) in [5, 5.41) is 0. The van der Waals surface area contributed by atoms with Gasteiger partial charge in [0, 0.05) is 19.7 Å². The van der Waals surface area contributed by atoms with E-state index in [1.807, 2.05) is 14.0 Å². The van der Waals surface area contributed by atoms with Crippen molar-refractivity contribution in [3.63, 3.8) is 0 Å². The quantitative estimate of drug-likeness (QED) is 0.825. The maximum Gasteiger partial charge on any atom is 0.223 e. The van der Waals surface area contributed by atoms with Crippen LogP contribution >= 0.6 is 0 Å². The molecule has 128 valence electrons. The van der Waals surface area contributed by atoms with Crippen molar-refractivity contribution in [2.45, 2.75) is 56.4 Å². The van der Waals surface area contributed by atoms with Crippen molar-refractivity contribution in [1.82, 2.24) is 4.90 Å². The molecular formula is C18H27NO3S. The third kappa shape index (κ3) is 4.80. The number of carbonyl (C=O) groups is 1. The van der Waals surface area contributed by atoms with Gasteiger partial charge < -0.3 is 4.90 Å². The van der Waals surface area contributed by atoms with Crippen molar-refractivity contribution in [2.24, 2.45) is 5.92 Å². The van der Waals surface area contributed by atoms with Crippen LogP contribution in [0.1, 0.15) is 57.1 Å². The summed E-state index contributed by atoms with van der Waals surface area (Å²) >= 11 is 0. The van der Waals surface area contributed by atoms with E-state index < -0.39 is 9.84 Å². The summed E-state index contributed by atoms with van der Waals surface area (Å²) in [4.78, 5) is 14.6. The third-order valence-corrected chi connectivity index (χ3v) is 6.08. The minimum atomic E-state index is -3.18. The molecule has 1 unspecified atom stereocenters. The number of sulfone groups is 1. The van der Waals surface area contributed by atoms with E-state index in [1.165, 1.54) is 25.5 Å². The SMILES string of the molecule is CC(c1ccc(S(C)(=O)=O)cc1)N(C)C(=O)CC1CCCCC1. The Hall–Kier alpha value is -1.36. The van der Waals surface area contributed by atoms with E-state index in [4.69, 9.17) is 0 Å². The van der Waals surface area contributed by atoms with Gasteiger partial charge in [0.25, 0.3) is 0 Å². The maximum absolute atomic E-state index is 12.5. The minimum absolute atomic E-state index is 0.0558. The Morgan fingerprint density at radius 3 is 2.26 bits per heavy atom. The van der Waals surface area contributed by atoms with Gasteiger partial charge in [-0.2, -0.15) is 0 Å². The van der Waals surface area contributed by atoms with Crippen LogP contribution in [0, 0.1) is 5.92 Å². The number of hydrogen-bond acceptors (Lipinski definition) is 3. The molecule has 2 rings (SSSR count). The second kappa shape index (κ2) is 7.47. The molecule has 1 aromatic rings. The Morgan fingerprint density at radius 2 is 1.74 bits per heavy atom. The van der Waals surface area contributed by atoms with Gasteiger partial charge in [-0.05, 0) is 43.4 Å². The number of benzene rings is 1. The lowest BCUT2D eigenvalue weighted by atomic mass is 9.86. The highest BCUT2D eigenvalue weighted by molar-refractivity contribution is 7.90. The molecule has 0 aromatic heterocycles. The van der Waals surface area contributed by atoms with E-state index in [0.717, 1.165) is 18.4 Å². The molecule has 0 N–H and O–H groups in total. The normalized spacial score (nSPS) is 17.7. The molecule has 1 aliphatic rings. The van der Waals surface area contributed by atoms with Gasteiger partial charge in [0.15, 0.2) is 9.84 Å². The highest BCUT2D eigenvalue weighted by Crippen LogP contribution is 2.28. The van der Waals surface area contributed by atoms with Gasteiger partial charge in [-0.25, -0.2) is 8.42 Å². The molecule has 1 aromatic carbocycles. The van der Waals surface area contributed by atoms with Crippen LogP contribution in [-0.2, 0) is 14.6 Å². The second-order valence-corrected chi connectivity index (χ2v) is 8.75. The van der Waals surface area contributed by atoms with Crippen LogP contribution in [0.3, 0.4) is 0 Å². The van der Waals surface area contributed by atoms with E-state index in [1.54, 1.807) is 29.2 Å². The zero-order chi connectivity index (χ0) is 17.0. The van der Waals surface area contributed by atoms with E-state index in [-0.39, 0.29) is 11.9 Å². The lowest BCUT2D eigenvalue weighted by Gasteiger charge is -2.28. The smallest absolute Gasteiger partial charge is 0.223 e. The standard InChI is InChI=1S/C18H27NO3S/c1-14(16-9-11-17(12-10-16)23(3,21)22)19(2)18(20)13-15-7-5-4-6-8-15/h9-12,14-15H,4-8,13H2,1-3H3. The van der Waals surface area contributed by atoms with Crippen LogP contribution in [0.2, 0.25) is 0 Å². The predicted octanol–water partition coefficient (Wildman–Crippen LogP) is 3.58. The van der Waals surface area contributed by atoms with Gasteiger partial charge >= 0.3 is 0 Å². The summed E-state index contributed by atoms with van der Waals surface area (Å²) < 4.78 is 23.0. The van der Waals surface area contributed by atoms with Crippen LogP contribution < -0.4 is 0 Å². The molecule has 5 heteroatoms. The first kappa shape index (κ1) is 18.0. The summed E-state index contributed by atoms with van der Waals surface area (Å²) in [5.74, 6) is 0.704. The fourth-order valence-electron chi connectivity index (χ4n) is 3.22. The lowest BCUT2D eigenvalue weighted by Crippen LogP contribution is -2.31. The molecule has 1 aliphatic carbocycles.